The van der Waals surface area contributed by atoms with Crippen LogP contribution >= 0.6 is 0 Å². The van der Waals surface area contributed by atoms with E-state index >= 15 is 0 Å². The number of fused-ring (bicyclic) bond motifs is 1. The number of aromatic amines is 1. The topological polar surface area (TPSA) is 78.9 Å². The van der Waals surface area contributed by atoms with Crippen molar-refractivity contribution in [1.82, 2.24) is 15.0 Å². The zero-order chi connectivity index (χ0) is 9.26. The molecular weight excluding hydrogens is 170 g/mol. The highest BCUT2D eigenvalue weighted by Crippen LogP contribution is 2.13. The molecule has 2 aromatic rings. The van der Waals surface area contributed by atoms with Crippen molar-refractivity contribution in [3.63, 3.8) is 0 Å². The largest absolute Gasteiger partial charge is 0.481 e. The third-order valence-electron chi connectivity index (χ3n) is 1.76. The Labute approximate surface area is 73.4 Å². The molecule has 2 aromatic heterocycles. The molecule has 2 rings (SSSR count). The van der Waals surface area contributed by atoms with Crippen molar-refractivity contribution in [1.29, 1.82) is 0 Å². The van der Waals surface area contributed by atoms with Gasteiger partial charge < -0.3 is 10.1 Å². The Balaban J connectivity index is 2.54. The second-order valence-electron chi connectivity index (χ2n) is 2.65. The van der Waals surface area contributed by atoms with Crippen molar-refractivity contribution in [3.8, 4) is 0 Å². The van der Waals surface area contributed by atoms with Gasteiger partial charge >= 0.3 is 5.97 Å². The van der Waals surface area contributed by atoms with E-state index in [4.69, 9.17) is 5.11 Å². The van der Waals surface area contributed by atoms with Gasteiger partial charge in [0.15, 0.2) is 0 Å². The molecule has 0 aliphatic rings. The van der Waals surface area contributed by atoms with Gasteiger partial charge in [0.1, 0.15) is 6.33 Å². The summed E-state index contributed by atoms with van der Waals surface area (Å²) in [6, 6.07) is 0. The predicted molar refractivity (Wildman–Crippen MR) is 45.2 cm³/mol. The van der Waals surface area contributed by atoms with Crippen LogP contribution in [0.2, 0.25) is 0 Å². The first-order valence-corrected chi connectivity index (χ1v) is 3.75. The number of nitrogens with zero attached hydrogens (tertiary/aromatic N) is 2. The minimum absolute atomic E-state index is 0.0725. The molecule has 13 heavy (non-hydrogen) atoms. The summed E-state index contributed by atoms with van der Waals surface area (Å²) in [6.45, 7) is 0. The highest BCUT2D eigenvalue weighted by molar-refractivity contribution is 5.83. The highest BCUT2D eigenvalue weighted by Gasteiger charge is 2.07. The number of aliphatic carboxylic acids is 1. The lowest BCUT2D eigenvalue weighted by molar-refractivity contribution is -0.136. The fourth-order valence-corrected chi connectivity index (χ4v) is 1.21. The van der Waals surface area contributed by atoms with Crippen LogP contribution in [-0.2, 0) is 11.2 Å². The van der Waals surface area contributed by atoms with E-state index < -0.39 is 5.97 Å². The number of nitrogens with one attached hydrogen (secondary N) is 1. The van der Waals surface area contributed by atoms with Crippen molar-refractivity contribution < 1.29 is 9.90 Å². The number of hydrogen-bond acceptors (Lipinski definition) is 3. The number of carboxylic acid groups (broad SMARTS) is 1. The summed E-state index contributed by atoms with van der Waals surface area (Å²) >= 11 is 0. The molecule has 0 spiro atoms. The molecule has 0 aliphatic carbocycles. The van der Waals surface area contributed by atoms with Gasteiger partial charge in [-0.15, -0.1) is 0 Å². The monoisotopic (exact) mass is 177 g/mol. The molecule has 0 saturated heterocycles. The number of H-pyrrole nitrogens is 1. The average molecular weight is 177 g/mol. The fourth-order valence-electron chi connectivity index (χ4n) is 1.21. The van der Waals surface area contributed by atoms with Crippen LogP contribution in [0.25, 0.3) is 10.9 Å². The van der Waals surface area contributed by atoms with Crippen molar-refractivity contribution in [2.24, 2.45) is 0 Å². The molecule has 0 bridgehead atoms. The first-order valence-electron chi connectivity index (χ1n) is 3.75. The zero-order valence-electron chi connectivity index (χ0n) is 6.69. The lowest BCUT2D eigenvalue weighted by atomic mass is 10.2. The van der Waals surface area contributed by atoms with Crippen molar-refractivity contribution in [2.45, 2.75) is 6.42 Å². The maximum absolute atomic E-state index is 10.5. The normalized spacial score (nSPS) is 10.5. The molecule has 5 nitrogen and oxygen atoms in total. The van der Waals surface area contributed by atoms with Crippen LogP contribution in [0.15, 0.2) is 18.7 Å². The summed E-state index contributed by atoms with van der Waals surface area (Å²) in [5.41, 5.74) is 1.28. The second-order valence-corrected chi connectivity index (χ2v) is 2.65. The Hall–Kier alpha value is -1.91. The molecule has 0 aromatic carbocycles. The first kappa shape index (κ1) is 7.72. The van der Waals surface area contributed by atoms with Gasteiger partial charge in [-0.3, -0.25) is 4.79 Å². The van der Waals surface area contributed by atoms with Gasteiger partial charge in [-0.25, -0.2) is 9.97 Å². The van der Waals surface area contributed by atoms with E-state index in [9.17, 15) is 4.79 Å². The number of rotatable bonds is 2. The number of aromatic nitrogens is 3. The van der Waals surface area contributed by atoms with E-state index in [2.05, 4.69) is 15.0 Å². The Morgan fingerprint density at radius 1 is 1.46 bits per heavy atom. The zero-order valence-corrected chi connectivity index (χ0v) is 6.69. The fraction of sp³-hybridized carbons (Fsp3) is 0.125. The van der Waals surface area contributed by atoms with Crippen LogP contribution in [0.4, 0.5) is 0 Å². The molecule has 2 heterocycles. The molecule has 66 valence electrons. The van der Waals surface area contributed by atoms with E-state index in [0.29, 0.717) is 5.69 Å². The Morgan fingerprint density at radius 3 is 3.08 bits per heavy atom. The SMILES string of the molecule is O=C(O)Cc1ncnc2c[nH]cc12. The van der Waals surface area contributed by atoms with Crippen LogP contribution < -0.4 is 0 Å². The lowest BCUT2D eigenvalue weighted by Gasteiger charge is -1.96. The summed E-state index contributed by atoms with van der Waals surface area (Å²) < 4.78 is 0. The minimum Gasteiger partial charge on any atom is -0.481 e. The number of carboxylic acids is 1. The van der Waals surface area contributed by atoms with Crippen LogP contribution in [0.5, 0.6) is 0 Å². The standard InChI is InChI=1S/C8H7N3O2/c12-8(13)1-6-5-2-9-3-7(5)11-4-10-6/h2-4,9H,1H2,(H,12,13). The van der Waals surface area contributed by atoms with E-state index in [0.717, 1.165) is 10.9 Å². The van der Waals surface area contributed by atoms with Crippen LogP contribution in [0, 0.1) is 0 Å². The van der Waals surface area contributed by atoms with Gasteiger partial charge in [0.25, 0.3) is 0 Å². The molecule has 2 N–H and O–H groups in total. The molecule has 0 aliphatic heterocycles. The van der Waals surface area contributed by atoms with Crippen LogP contribution in [0.3, 0.4) is 0 Å². The van der Waals surface area contributed by atoms with Crippen molar-refractivity contribution >= 4 is 16.9 Å². The number of hydrogen-bond donors (Lipinski definition) is 2. The summed E-state index contributed by atoms with van der Waals surface area (Å²) in [7, 11) is 0. The maximum Gasteiger partial charge on any atom is 0.309 e. The third-order valence-corrected chi connectivity index (χ3v) is 1.76. The van der Waals surface area contributed by atoms with E-state index in [-0.39, 0.29) is 6.42 Å². The molecule has 0 radical (unpaired) electrons. The average Bonchev–Trinajstić information content (AvgIpc) is 2.51. The third kappa shape index (κ3) is 1.35. The summed E-state index contributed by atoms with van der Waals surface area (Å²) in [5.74, 6) is -0.888. The van der Waals surface area contributed by atoms with Gasteiger partial charge in [0, 0.05) is 17.8 Å². The number of carbonyl (C=O) groups is 1. The second kappa shape index (κ2) is 2.85. The van der Waals surface area contributed by atoms with Gasteiger partial charge in [-0.1, -0.05) is 0 Å². The first-order chi connectivity index (χ1) is 6.27. The Bertz CT molecular complexity index is 449. The molecular formula is C8H7N3O2. The van der Waals surface area contributed by atoms with Crippen LogP contribution in [-0.4, -0.2) is 26.0 Å². The van der Waals surface area contributed by atoms with Crippen molar-refractivity contribution in [2.75, 3.05) is 0 Å². The molecule has 0 atom stereocenters. The molecule has 0 unspecified atom stereocenters. The van der Waals surface area contributed by atoms with Gasteiger partial charge in [-0.2, -0.15) is 0 Å². The van der Waals surface area contributed by atoms with Crippen LogP contribution in [0.1, 0.15) is 5.69 Å². The van der Waals surface area contributed by atoms with Gasteiger partial charge in [-0.05, 0) is 0 Å². The van der Waals surface area contributed by atoms with Gasteiger partial charge in [0.05, 0.1) is 17.6 Å². The minimum atomic E-state index is -0.888. The Kier molecular flexibility index (Phi) is 1.70. The lowest BCUT2D eigenvalue weighted by Crippen LogP contribution is -2.02. The molecule has 0 saturated carbocycles. The smallest absolute Gasteiger partial charge is 0.309 e. The maximum atomic E-state index is 10.5. The highest BCUT2D eigenvalue weighted by atomic mass is 16.4. The Morgan fingerprint density at radius 2 is 2.31 bits per heavy atom. The molecule has 5 heteroatoms. The van der Waals surface area contributed by atoms with E-state index in [1.807, 2.05) is 0 Å². The summed E-state index contributed by atoms with van der Waals surface area (Å²) in [6.07, 6.45) is 4.71. The predicted octanol–water partition coefficient (Wildman–Crippen LogP) is 0.585. The summed E-state index contributed by atoms with van der Waals surface area (Å²) in [4.78, 5) is 21.2. The van der Waals surface area contributed by atoms with E-state index in [1.54, 1.807) is 12.4 Å². The van der Waals surface area contributed by atoms with Crippen molar-refractivity contribution in [3.05, 3.63) is 24.4 Å². The molecule has 0 amide bonds. The molecule has 0 fully saturated rings. The quantitative estimate of drug-likeness (QED) is 0.703. The van der Waals surface area contributed by atoms with Gasteiger partial charge in [0.2, 0.25) is 0 Å². The summed E-state index contributed by atoms with van der Waals surface area (Å²) in [5, 5.41) is 9.36. The van der Waals surface area contributed by atoms with E-state index in [1.165, 1.54) is 6.33 Å².